The summed E-state index contributed by atoms with van der Waals surface area (Å²) in [5.41, 5.74) is 0.422. The molecule has 0 bridgehead atoms. The number of fused-ring (bicyclic) bond motifs is 1. The molecule has 1 aromatic carbocycles. The molecule has 1 heterocycles. The average Bonchev–Trinajstić information content (AvgIpc) is 2.16. The third-order valence-electron chi connectivity index (χ3n) is 2.20. The molecule has 1 atom stereocenters. The van der Waals surface area contributed by atoms with Gasteiger partial charge in [-0.05, 0) is 12.5 Å². The molecule has 74 valence electrons. The molecular weight excluding hydrogens is 190 g/mol. The number of halogens is 2. The summed E-state index contributed by atoms with van der Waals surface area (Å²) in [6.45, 7) is 0.166. The van der Waals surface area contributed by atoms with E-state index in [4.69, 9.17) is 4.74 Å². The number of aldehydes is 1. The molecule has 0 radical (unpaired) electrons. The van der Waals surface area contributed by atoms with Gasteiger partial charge in [-0.1, -0.05) is 0 Å². The SMILES string of the molecule is O=CC1COc2c(F)cc(F)cc2C1. The zero-order chi connectivity index (χ0) is 10.1. The molecule has 1 aromatic rings. The van der Waals surface area contributed by atoms with Crippen LogP contribution in [0.15, 0.2) is 12.1 Å². The Labute approximate surface area is 79.5 Å². The molecule has 14 heavy (non-hydrogen) atoms. The monoisotopic (exact) mass is 198 g/mol. The van der Waals surface area contributed by atoms with E-state index in [2.05, 4.69) is 0 Å². The molecule has 0 saturated carbocycles. The van der Waals surface area contributed by atoms with E-state index in [-0.39, 0.29) is 18.3 Å². The van der Waals surface area contributed by atoms with Crippen LogP contribution < -0.4 is 4.74 Å². The van der Waals surface area contributed by atoms with E-state index in [9.17, 15) is 13.6 Å². The zero-order valence-corrected chi connectivity index (χ0v) is 7.30. The first-order valence-corrected chi connectivity index (χ1v) is 4.26. The average molecular weight is 198 g/mol. The molecule has 0 aliphatic carbocycles. The van der Waals surface area contributed by atoms with Crippen LogP contribution in [-0.2, 0) is 11.2 Å². The van der Waals surface area contributed by atoms with E-state index >= 15 is 0 Å². The summed E-state index contributed by atoms with van der Waals surface area (Å²) in [5, 5.41) is 0. The summed E-state index contributed by atoms with van der Waals surface area (Å²) >= 11 is 0. The Bertz CT molecular complexity index is 377. The fraction of sp³-hybridized carbons (Fsp3) is 0.300. The van der Waals surface area contributed by atoms with Crippen LogP contribution in [-0.4, -0.2) is 12.9 Å². The largest absolute Gasteiger partial charge is 0.489 e. The van der Waals surface area contributed by atoms with Crippen molar-refractivity contribution in [2.24, 2.45) is 5.92 Å². The normalized spacial score (nSPS) is 19.7. The zero-order valence-electron chi connectivity index (χ0n) is 7.30. The first kappa shape index (κ1) is 9.12. The number of benzene rings is 1. The number of ether oxygens (including phenoxy) is 1. The van der Waals surface area contributed by atoms with Crippen molar-refractivity contribution >= 4 is 6.29 Å². The summed E-state index contributed by atoms with van der Waals surface area (Å²) in [6.07, 6.45) is 1.08. The van der Waals surface area contributed by atoms with Gasteiger partial charge in [0.25, 0.3) is 0 Å². The summed E-state index contributed by atoms with van der Waals surface area (Å²) in [6, 6.07) is 1.98. The van der Waals surface area contributed by atoms with Crippen LogP contribution in [0.5, 0.6) is 5.75 Å². The lowest BCUT2D eigenvalue weighted by molar-refractivity contribution is -0.112. The molecule has 1 aliphatic rings. The van der Waals surface area contributed by atoms with Crippen LogP contribution in [0, 0.1) is 17.6 Å². The van der Waals surface area contributed by atoms with E-state index in [1.165, 1.54) is 6.07 Å². The minimum Gasteiger partial charge on any atom is -0.489 e. The second kappa shape index (κ2) is 3.36. The Morgan fingerprint density at radius 1 is 1.43 bits per heavy atom. The maximum atomic E-state index is 13.1. The Balaban J connectivity index is 2.41. The predicted octanol–water partition coefficient (Wildman–Crippen LogP) is 1.71. The third kappa shape index (κ3) is 1.47. The molecule has 0 fully saturated rings. The predicted molar refractivity (Wildman–Crippen MR) is 45.1 cm³/mol. The van der Waals surface area contributed by atoms with Gasteiger partial charge in [0.2, 0.25) is 0 Å². The van der Waals surface area contributed by atoms with E-state index < -0.39 is 11.6 Å². The lowest BCUT2D eigenvalue weighted by Gasteiger charge is -2.21. The van der Waals surface area contributed by atoms with Gasteiger partial charge in [-0.3, -0.25) is 0 Å². The Morgan fingerprint density at radius 3 is 2.93 bits per heavy atom. The Hall–Kier alpha value is -1.45. The third-order valence-corrected chi connectivity index (χ3v) is 2.20. The van der Waals surface area contributed by atoms with Crippen molar-refractivity contribution in [1.29, 1.82) is 0 Å². The van der Waals surface area contributed by atoms with Crippen LogP contribution in [0.25, 0.3) is 0 Å². The maximum Gasteiger partial charge on any atom is 0.168 e. The van der Waals surface area contributed by atoms with Crippen molar-refractivity contribution in [2.75, 3.05) is 6.61 Å². The molecule has 0 N–H and O–H groups in total. The van der Waals surface area contributed by atoms with E-state index in [0.29, 0.717) is 12.0 Å². The van der Waals surface area contributed by atoms with E-state index in [1.807, 2.05) is 0 Å². The highest BCUT2D eigenvalue weighted by Gasteiger charge is 2.22. The van der Waals surface area contributed by atoms with Gasteiger partial charge in [-0.25, -0.2) is 8.78 Å². The first-order valence-electron chi connectivity index (χ1n) is 4.26. The van der Waals surface area contributed by atoms with Crippen LogP contribution in [0.4, 0.5) is 8.78 Å². The summed E-state index contributed by atoms with van der Waals surface area (Å²) in [5.74, 6) is -1.58. The van der Waals surface area contributed by atoms with Crippen molar-refractivity contribution in [3.63, 3.8) is 0 Å². The highest BCUT2D eigenvalue weighted by Crippen LogP contribution is 2.30. The summed E-state index contributed by atoms with van der Waals surface area (Å²) in [7, 11) is 0. The topological polar surface area (TPSA) is 26.3 Å². The smallest absolute Gasteiger partial charge is 0.168 e. The second-order valence-electron chi connectivity index (χ2n) is 3.29. The molecule has 0 saturated heterocycles. The van der Waals surface area contributed by atoms with Crippen molar-refractivity contribution in [3.05, 3.63) is 29.3 Å². The fourth-order valence-electron chi connectivity index (χ4n) is 1.55. The Kier molecular flexibility index (Phi) is 2.19. The molecule has 1 aliphatic heterocycles. The van der Waals surface area contributed by atoms with Gasteiger partial charge >= 0.3 is 0 Å². The molecule has 0 amide bonds. The van der Waals surface area contributed by atoms with Crippen LogP contribution in [0.1, 0.15) is 5.56 Å². The molecule has 4 heteroatoms. The second-order valence-corrected chi connectivity index (χ2v) is 3.29. The van der Waals surface area contributed by atoms with Gasteiger partial charge < -0.3 is 9.53 Å². The van der Waals surface area contributed by atoms with Gasteiger partial charge in [0.1, 0.15) is 12.1 Å². The van der Waals surface area contributed by atoms with E-state index in [0.717, 1.165) is 12.4 Å². The molecule has 0 spiro atoms. The number of rotatable bonds is 1. The molecule has 2 rings (SSSR count). The standard InChI is InChI=1S/C10H8F2O2/c11-8-2-7-1-6(4-13)5-14-10(7)9(12)3-8/h2-4,6H,1,5H2. The lowest BCUT2D eigenvalue weighted by atomic mass is 9.98. The Morgan fingerprint density at radius 2 is 2.21 bits per heavy atom. The van der Waals surface area contributed by atoms with Gasteiger partial charge in [0.15, 0.2) is 11.6 Å². The fourth-order valence-corrected chi connectivity index (χ4v) is 1.55. The van der Waals surface area contributed by atoms with Crippen molar-refractivity contribution in [3.8, 4) is 5.75 Å². The van der Waals surface area contributed by atoms with Gasteiger partial charge in [-0.2, -0.15) is 0 Å². The molecule has 2 nitrogen and oxygen atoms in total. The first-order chi connectivity index (χ1) is 6.70. The van der Waals surface area contributed by atoms with Gasteiger partial charge in [0, 0.05) is 11.6 Å². The van der Waals surface area contributed by atoms with Crippen molar-refractivity contribution in [2.45, 2.75) is 6.42 Å². The molecule has 0 aromatic heterocycles. The van der Waals surface area contributed by atoms with Crippen LogP contribution in [0.2, 0.25) is 0 Å². The highest BCUT2D eigenvalue weighted by atomic mass is 19.1. The van der Waals surface area contributed by atoms with Crippen LogP contribution in [0.3, 0.4) is 0 Å². The lowest BCUT2D eigenvalue weighted by Crippen LogP contribution is -2.22. The summed E-state index contributed by atoms with van der Waals surface area (Å²) < 4.78 is 31.0. The summed E-state index contributed by atoms with van der Waals surface area (Å²) in [4.78, 5) is 10.5. The molecule has 1 unspecified atom stereocenters. The minimum atomic E-state index is -0.704. The van der Waals surface area contributed by atoms with Crippen molar-refractivity contribution < 1.29 is 18.3 Å². The quantitative estimate of drug-likeness (QED) is 0.642. The molecular formula is C10H8F2O2. The number of carbonyl (C=O) groups is 1. The highest BCUT2D eigenvalue weighted by molar-refractivity contribution is 5.56. The number of hydrogen-bond acceptors (Lipinski definition) is 2. The minimum absolute atomic E-state index is 0.0736. The van der Waals surface area contributed by atoms with Gasteiger partial charge in [0.05, 0.1) is 12.5 Å². The van der Waals surface area contributed by atoms with Crippen molar-refractivity contribution in [1.82, 2.24) is 0 Å². The van der Waals surface area contributed by atoms with Gasteiger partial charge in [-0.15, -0.1) is 0 Å². The number of carbonyl (C=O) groups excluding carboxylic acids is 1. The van der Waals surface area contributed by atoms with E-state index in [1.54, 1.807) is 0 Å². The number of hydrogen-bond donors (Lipinski definition) is 0. The maximum absolute atomic E-state index is 13.1. The van der Waals surface area contributed by atoms with Crippen LogP contribution >= 0.6 is 0 Å².